The normalized spacial score (nSPS) is 10.6. The molecule has 3 N–H and O–H groups in total. The number of primary amides is 1. The average molecular weight is 408 g/mol. The van der Waals surface area contributed by atoms with Gasteiger partial charge in [-0.3, -0.25) is 4.79 Å². The van der Waals surface area contributed by atoms with E-state index in [0.29, 0.717) is 34.5 Å². The number of carbonyl (C=O) groups excluding carboxylic acids is 1. The molecule has 156 valence electrons. The number of anilines is 2. The maximum Gasteiger partial charge on any atom is 0.252 e. The second kappa shape index (κ2) is 9.13. The van der Waals surface area contributed by atoms with E-state index in [4.69, 9.17) is 19.9 Å². The molecule has 30 heavy (non-hydrogen) atoms. The highest BCUT2D eigenvalue weighted by Gasteiger charge is 2.14. The van der Waals surface area contributed by atoms with Gasteiger partial charge in [0, 0.05) is 23.5 Å². The van der Waals surface area contributed by atoms with Crippen LogP contribution in [0.1, 0.15) is 24.2 Å². The highest BCUT2D eigenvalue weighted by atomic mass is 16.5. The third-order valence-electron chi connectivity index (χ3n) is 4.20. The number of hydrogen-bond acceptors (Lipinski definition) is 7. The number of ether oxygens (including phenoxy) is 3. The Balaban J connectivity index is 1.90. The number of carbonyl (C=O) groups is 1. The maximum absolute atomic E-state index is 11.9. The number of rotatable bonds is 8. The first-order valence-electron chi connectivity index (χ1n) is 9.34. The highest BCUT2D eigenvalue weighted by molar-refractivity contribution is 5.97. The summed E-state index contributed by atoms with van der Waals surface area (Å²) in [6.45, 7) is 3.77. The summed E-state index contributed by atoms with van der Waals surface area (Å²) < 4.78 is 16.2. The number of methoxy groups -OCH3 is 2. The van der Waals surface area contributed by atoms with E-state index in [-0.39, 0.29) is 6.10 Å². The summed E-state index contributed by atoms with van der Waals surface area (Å²) >= 11 is 0. The van der Waals surface area contributed by atoms with E-state index < -0.39 is 5.91 Å². The van der Waals surface area contributed by atoms with Crippen LogP contribution in [0.15, 0.2) is 48.7 Å². The lowest BCUT2D eigenvalue weighted by molar-refractivity contribution is 0.0994. The molecule has 0 fully saturated rings. The average Bonchev–Trinajstić information content (AvgIpc) is 2.73. The van der Waals surface area contributed by atoms with Crippen molar-refractivity contribution in [3.05, 3.63) is 54.2 Å². The van der Waals surface area contributed by atoms with Gasteiger partial charge in [0.15, 0.2) is 11.5 Å². The molecule has 0 radical (unpaired) electrons. The Bertz CT molecular complexity index is 1050. The van der Waals surface area contributed by atoms with Gasteiger partial charge in [-0.2, -0.15) is 0 Å². The predicted octanol–water partition coefficient (Wildman–Crippen LogP) is 3.79. The monoisotopic (exact) mass is 408 g/mol. The Morgan fingerprint density at radius 1 is 1.00 bits per heavy atom. The van der Waals surface area contributed by atoms with Crippen molar-refractivity contribution in [3.8, 4) is 28.5 Å². The second-order valence-electron chi connectivity index (χ2n) is 6.70. The number of aromatic nitrogens is 2. The summed E-state index contributed by atoms with van der Waals surface area (Å²) in [5.74, 6) is 1.48. The number of hydrogen-bond donors (Lipinski definition) is 2. The van der Waals surface area contributed by atoms with E-state index in [9.17, 15) is 4.79 Å². The molecule has 1 amide bonds. The van der Waals surface area contributed by atoms with E-state index >= 15 is 0 Å². The topological polar surface area (TPSA) is 109 Å². The standard InChI is InChI=1S/C22H24N4O4/c1-13(2)30-18-7-5-14(11-16(18)21(23)27)17-9-10-24-22(26-17)25-15-6-8-19(28-3)20(12-15)29-4/h5-13H,1-4H3,(H2,23,27)(H,24,25,26). The first-order valence-corrected chi connectivity index (χ1v) is 9.34. The molecule has 0 unspecified atom stereocenters. The molecular formula is C22H24N4O4. The Labute approximate surface area is 175 Å². The van der Waals surface area contributed by atoms with Gasteiger partial charge in [-0.25, -0.2) is 9.97 Å². The van der Waals surface area contributed by atoms with Gasteiger partial charge in [0.05, 0.1) is 31.6 Å². The van der Waals surface area contributed by atoms with E-state index in [2.05, 4.69) is 15.3 Å². The van der Waals surface area contributed by atoms with Crippen LogP contribution in [0.4, 0.5) is 11.6 Å². The largest absolute Gasteiger partial charge is 0.493 e. The molecule has 3 aromatic rings. The minimum absolute atomic E-state index is 0.0784. The molecule has 3 rings (SSSR count). The first kappa shape index (κ1) is 20.9. The van der Waals surface area contributed by atoms with E-state index in [0.717, 1.165) is 11.3 Å². The van der Waals surface area contributed by atoms with Gasteiger partial charge in [0.1, 0.15) is 5.75 Å². The molecule has 0 aliphatic heterocycles. The molecule has 8 heteroatoms. The molecule has 1 heterocycles. The summed E-state index contributed by atoms with van der Waals surface area (Å²) in [7, 11) is 3.15. The molecule has 0 spiro atoms. The molecule has 0 atom stereocenters. The SMILES string of the molecule is COc1ccc(Nc2nccc(-c3ccc(OC(C)C)c(C(N)=O)c3)n2)cc1OC. The minimum atomic E-state index is -0.565. The maximum atomic E-state index is 11.9. The Morgan fingerprint density at radius 2 is 1.73 bits per heavy atom. The Kier molecular flexibility index (Phi) is 6.36. The van der Waals surface area contributed by atoms with Crippen LogP contribution in [0.3, 0.4) is 0 Å². The molecule has 0 aliphatic carbocycles. The van der Waals surface area contributed by atoms with Crippen molar-refractivity contribution >= 4 is 17.5 Å². The highest BCUT2D eigenvalue weighted by Crippen LogP contribution is 2.31. The lowest BCUT2D eigenvalue weighted by Gasteiger charge is -2.14. The summed E-state index contributed by atoms with van der Waals surface area (Å²) in [4.78, 5) is 20.7. The summed E-state index contributed by atoms with van der Waals surface area (Å²) in [5, 5.41) is 3.14. The van der Waals surface area contributed by atoms with Crippen molar-refractivity contribution in [2.24, 2.45) is 5.73 Å². The minimum Gasteiger partial charge on any atom is -0.493 e. The van der Waals surface area contributed by atoms with Crippen LogP contribution in [0, 0.1) is 0 Å². The van der Waals surface area contributed by atoms with Crippen LogP contribution in [0.25, 0.3) is 11.3 Å². The van der Waals surface area contributed by atoms with Crippen LogP contribution in [-0.4, -0.2) is 36.2 Å². The molecule has 0 aliphatic rings. The van der Waals surface area contributed by atoms with Gasteiger partial charge in [-0.15, -0.1) is 0 Å². The number of amides is 1. The number of nitrogens with one attached hydrogen (secondary N) is 1. The molecule has 0 saturated heterocycles. The van der Waals surface area contributed by atoms with Crippen LogP contribution < -0.4 is 25.3 Å². The van der Waals surface area contributed by atoms with Gasteiger partial charge in [0.2, 0.25) is 5.95 Å². The molecule has 1 aromatic heterocycles. The van der Waals surface area contributed by atoms with Gasteiger partial charge >= 0.3 is 0 Å². The quantitative estimate of drug-likeness (QED) is 0.584. The summed E-state index contributed by atoms with van der Waals surface area (Å²) in [6.07, 6.45) is 1.55. The Morgan fingerprint density at radius 3 is 2.40 bits per heavy atom. The van der Waals surface area contributed by atoms with E-state index in [1.165, 1.54) is 0 Å². The van der Waals surface area contributed by atoms with Crippen molar-refractivity contribution < 1.29 is 19.0 Å². The zero-order chi connectivity index (χ0) is 21.7. The third kappa shape index (κ3) is 4.78. The zero-order valence-corrected chi connectivity index (χ0v) is 17.3. The Hall–Kier alpha value is -3.81. The zero-order valence-electron chi connectivity index (χ0n) is 17.3. The fourth-order valence-electron chi connectivity index (χ4n) is 2.86. The van der Waals surface area contributed by atoms with Gasteiger partial charge in [0.25, 0.3) is 5.91 Å². The van der Waals surface area contributed by atoms with E-state index in [1.54, 1.807) is 50.7 Å². The molecule has 8 nitrogen and oxygen atoms in total. The summed E-state index contributed by atoms with van der Waals surface area (Å²) in [5.41, 5.74) is 7.92. The lowest BCUT2D eigenvalue weighted by Crippen LogP contribution is -2.15. The van der Waals surface area contributed by atoms with Crippen molar-refractivity contribution in [1.29, 1.82) is 0 Å². The molecular weight excluding hydrogens is 384 g/mol. The number of benzene rings is 2. The second-order valence-corrected chi connectivity index (χ2v) is 6.70. The van der Waals surface area contributed by atoms with Crippen molar-refractivity contribution in [3.63, 3.8) is 0 Å². The molecule has 0 bridgehead atoms. The smallest absolute Gasteiger partial charge is 0.252 e. The van der Waals surface area contributed by atoms with E-state index in [1.807, 2.05) is 26.0 Å². The number of nitrogens with zero attached hydrogens (tertiary/aromatic N) is 2. The van der Waals surface area contributed by atoms with Gasteiger partial charge in [-0.05, 0) is 50.2 Å². The van der Waals surface area contributed by atoms with Crippen molar-refractivity contribution in [1.82, 2.24) is 9.97 Å². The predicted molar refractivity (Wildman–Crippen MR) is 115 cm³/mol. The third-order valence-corrected chi connectivity index (χ3v) is 4.20. The van der Waals surface area contributed by atoms with Gasteiger partial charge < -0.3 is 25.3 Å². The van der Waals surface area contributed by atoms with Gasteiger partial charge in [-0.1, -0.05) is 0 Å². The first-order chi connectivity index (χ1) is 14.4. The van der Waals surface area contributed by atoms with Crippen LogP contribution in [0.2, 0.25) is 0 Å². The summed E-state index contributed by atoms with van der Waals surface area (Å²) in [6, 6.07) is 12.4. The van der Waals surface area contributed by atoms with Crippen LogP contribution in [0.5, 0.6) is 17.2 Å². The van der Waals surface area contributed by atoms with Crippen molar-refractivity contribution in [2.75, 3.05) is 19.5 Å². The lowest BCUT2D eigenvalue weighted by atomic mass is 10.1. The fourth-order valence-corrected chi connectivity index (χ4v) is 2.86. The molecule has 2 aromatic carbocycles. The van der Waals surface area contributed by atoms with Crippen LogP contribution >= 0.6 is 0 Å². The molecule has 0 saturated carbocycles. The number of nitrogens with two attached hydrogens (primary N) is 1. The fraction of sp³-hybridized carbons (Fsp3) is 0.227. The van der Waals surface area contributed by atoms with Crippen molar-refractivity contribution in [2.45, 2.75) is 20.0 Å². The van der Waals surface area contributed by atoms with Crippen LogP contribution in [-0.2, 0) is 0 Å².